The van der Waals surface area contributed by atoms with Gasteiger partial charge in [-0.1, -0.05) is 24.3 Å². The number of anilines is 2. The van der Waals surface area contributed by atoms with Crippen molar-refractivity contribution >= 4 is 17.3 Å². The molecule has 41 heavy (non-hydrogen) atoms. The lowest BCUT2D eigenvalue weighted by molar-refractivity contribution is -0.116. The van der Waals surface area contributed by atoms with Crippen molar-refractivity contribution in [2.45, 2.75) is 51.1 Å². The molecule has 2 fully saturated rings. The number of aryl methyl sites for hydroxylation is 2. The molecule has 0 radical (unpaired) electrons. The lowest BCUT2D eigenvalue weighted by atomic mass is 9.86. The Morgan fingerprint density at radius 2 is 1.80 bits per heavy atom. The van der Waals surface area contributed by atoms with Gasteiger partial charge in [0.25, 0.3) is 0 Å². The molecule has 3 aliphatic rings. The van der Waals surface area contributed by atoms with Gasteiger partial charge in [0.2, 0.25) is 5.91 Å². The smallest absolute Gasteiger partial charge is 0.224 e. The normalized spacial score (nSPS) is 21.4. The van der Waals surface area contributed by atoms with Gasteiger partial charge in [-0.15, -0.1) is 0 Å². The van der Waals surface area contributed by atoms with E-state index >= 15 is 0 Å². The number of nitrogens with one attached hydrogen (secondary N) is 1. The van der Waals surface area contributed by atoms with Crippen LogP contribution in [-0.4, -0.2) is 73.1 Å². The Morgan fingerprint density at radius 3 is 2.63 bits per heavy atom. The Morgan fingerprint density at radius 1 is 0.976 bits per heavy atom. The summed E-state index contributed by atoms with van der Waals surface area (Å²) in [4.78, 5) is 25.3. The zero-order chi connectivity index (χ0) is 28.0. The standard InChI is InChI=1S/C34H43N5O2/c1-41-33-11-3-2-10-32(33)39-21-19-38(20-22-39)31-16-18-37(25-30-9-4-5-17-35-30)24-28(31)13-15-34(40)36-29-14-12-26-7-6-8-27(26)23-29/h2-5,9-12,14,17,23,28,31H,6-8,13,15-16,18-22,24-25H2,1H3,(H,36,40)/t28-,31+/m0/s1. The number of ether oxygens (including phenoxy) is 1. The fourth-order valence-electron chi connectivity index (χ4n) is 7.10. The SMILES string of the molecule is COc1ccccc1N1CCN([C@@H]2CCN(Cc3ccccn3)C[C@@H]2CCC(=O)Nc2ccc3c(c2)CCC3)CC1. The summed E-state index contributed by atoms with van der Waals surface area (Å²) in [6.45, 7) is 6.96. The van der Waals surface area contributed by atoms with Gasteiger partial charge in [0.1, 0.15) is 5.75 Å². The van der Waals surface area contributed by atoms with E-state index in [4.69, 9.17) is 4.74 Å². The fourth-order valence-corrected chi connectivity index (χ4v) is 7.10. The summed E-state index contributed by atoms with van der Waals surface area (Å²) in [5.74, 6) is 1.51. The number of nitrogens with zero attached hydrogens (tertiary/aromatic N) is 4. The van der Waals surface area contributed by atoms with E-state index in [1.54, 1.807) is 7.11 Å². The van der Waals surface area contributed by atoms with Gasteiger partial charge < -0.3 is 15.0 Å². The molecule has 0 bridgehead atoms. The highest BCUT2D eigenvalue weighted by Crippen LogP contribution is 2.32. The summed E-state index contributed by atoms with van der Waals surface area (Å²) in [7, 11) is 1.75. The van der Waals surface area contributed by atoms with E-state index in [-0.39, 0.29) is 5.91 Å². The number of likely N-dealkylation sites (tertiary alicyclic amines) is 1. The summed E-state index contributed by atoms with van der Waals surface area (Å²) in [6.07, 6.45) is 7.96. The highest BCUT2D eigenvalue weighted by Gasteiger charge is 2.35. The van der Waals surface area contributed by atoms with Gasteiger partial charge in [0, 0.05) is 70.2 Å². The van der Waals surface area contributed by atoms with Gasteiger partial charge in [-0.3, -0.25) is 19.6 Å². The van der Waals surface area contributed by atoms with E-state index in [0.717, 1.165) is 88.6 Å². The third kappa shape index (κ3) is 6.74. The molecular formula is C34H43N5O2. The van der Waals surface area contributed by atoms with Crippen LogP contribution in [0.15, 0.2) is 66.9 Å². The molecule has 3 heterocycles. The van der Waals surface area contributed by atoms with Gasteiger partial charge in [0.05, 0.1) is 18.5 Å². The number of pyridine rings is 1. The minimum absolute atomic E-state index is 0.129. The highest BCUT2D eigenvalue weighted by atomic mass is 16.5. The molecular weight excluding hydrogens is 510 g/mol. The van der Waals surface area contributed by atoms with Crippen molar-refractivity contribution in [1.82, 2.24) is 14.8 Å². The Hall–Kier alpha value is -3.42. The van der Waals surface area contributed by atoms with Crippen LogP contribution < -0.4 is 15.0 Å². The van der Waals surface area contributed by atoms with Gasteiger partial charge in [-0.2, -0.15) is 0 Å². The number of piperidine rings is 1. The largest absolute Gasteiger partial charge is 0.495 e. The maximum atomic E-state index is 13.1. The van der Waals surface area contributed by atoms with Crippen LogP contribution in [0, 0.1) is 5.92 Å². The molecule has 2 aromatic carbocycles. The van der Waals surface area contributed by atoms with Crippen LogP contribution in [0.3, 0.4) is 0 Å². The first kappa shape index (κ1) is 27.7. The molecule has 1 N–H and O–H groups in total. The molecule has 0 unspecified atom stereocenters. The van der Waals surface area contributed by atoms with Crippen LogP contribution in [0.25, 0.3) is 0 Å². The van der Waals surface area contributed by atoms with Crippen molar-refractivity contribution in [1.29, 1.82) is 0 Å². The number of hydrogen-bond donors (Lipinski definition) is 1. The molecule has 3 aromatic rings. The summed E-state index contributed by atoms with van der Waals surface area (Å²) in [5.41, 5.74) is 6.07. The Labute approximate surface area is 244 Å². The first-order valence-corrected chi connectivity index (χ1v) is 15.3. The Bertz CT molecular complexity index is 1310. The molecule has 0 saturated carbocycles. The van der Waals surface area contributed by atoms with E-state index in [2.05, 4.69) is 67.5 Å². The number of carbonyl (C=O) groups excluding carboxylic acids is 1. The molecule has 7 heteroatoms. The van der Waals surface area contributed by atoms with E-state index in [0.29, 0.717) is 18.4 Å². The van der Waals surface area contributed by atoms with Crippen LogP contribution in [0.2, 0.25) is 0 Å². The lowest BCUT2D eigenvalue weighted by Gasteiger charge is -2.47. The van der Waals surface area contributed by atoms with E-state index in [1.807, 2.05) is 24.4 Å². The minimum Gasteiger partial charge on any atom is -0.495 e. The van der Waals surface area contributed by atoms with Crippen molar-refractivity contribution in [2.24, 2.45) is 5.92 Å². The summed E-state index contributed by atoms with van der Waals surface area (Å²) < 4.78 is 5.63. The number of hydrogen-bond acceptors (Lipinski definition) is 6. The average Bonchev–Trinajstić information content (AvgIpc) is 3.49. The molecule has 2 atom stereocenters. The van der Waals surface area contributed by atoms with Crippen LogP contribution in [0.1, 0.15) is 42.5 Å². The molecule has 7 nitrogen and oxygen atoms in total. The second-order valence-corrected chi connectivity index (χ2v) is 11.8. The molecule has 6 rings (SSSR count). The zero-order valence-electron chi connectivity index (χ0n) is 24.3. The fraction of sp³-hybridized carbons (Fsp3) is 0.471. The monoisotopic (exact) mass is 553 g/mol. The number of aromatic nitrogens is 1. The van der Waals surface area contributed by atoms with Crippen molar-refractivity contribution in [3.63, 3.8) is 0 Å². The predicted octanol–water partition coefficient (Wildman–Crippen LogP) is 5.01. The number of piperazine rings is 1. The number of benzene rings is 2. The number of para-hydroxylation sites is 2. The quantitative estimate of drug-likeness (QED) is 0.402. The molecule has 1 aliphatic carbocycles. The Kier molecular flexibility index (Phi) is 8.82. The maximum absolute atomic E-state index is 13.1. The van der Waals surface area contributed by atoms with E-state index < -0.39 is 0 Å². The maximum Gasteiger partial charge on any atom is 0.224 e. The van der Waals surface area contributed by atoms with Crippen LogP contribution in [0.5, 0.6) is 5.75 Å². The number of carbonyl (C=O) groups is 1. The lowest BCUT2D eigenvalue weighted by Crippen LogP contribution is -2.56. The summed E-state index contributed by atoms with van der Waals surface area (Å²) in [6, 6.07) is 21.4. The van der Waals surface area contributed by atoms with Gasteiger partial charge >= 0.3 is 0 Å². The van der Waals surface area contributed by atoms with E-state index in [9.17, 15) is 4.79 Å². The number of rotatable bonds is 9. The van der Waals surface area contributed by atoms with Crippen LogP contribution in [0.4, 0.5) is 11.4 Å². The second kappa shape index (κ2) is 13.0. The number of fused-ring (bicyclic) bond motifs is 1. The number of methoxy groups -OCH3 is 1. The van der Waals surface area contributed by atoms with E-state index in [1.165, 1.54) is 23.2 Å². The molecule has 1 amide bonds. The van der Waals surface area contributed by atoms with Gasteiger partial charge in [-0.25, -0.2) is 0 Å². The second-order valence-electron chi connectivity index (χ2n) is 11.8. The predicted molar refractivity (Wildman–Crippen MR) is 165 cm³/mol. The van der Waals surface area contributed by atoms with Crippen LogP contribution >= 0.6 is 0 Å². The summed E-state index contributed by atoms with van der Waals surface area (Å²) >= 11 is 0. The molecule has 216 valence electrons. The van der Waals surface area contributed by atoms with Crippen molar-refractivity contribution in [3.8, 4) is 5.75 Å². The van der Waals surface area contributed by atoms with Gasteiger partial charge in [-0.05, 0) is 85.5 Å². The van der Waals surface area contributed by atoms with Gasteiger partial charge in [0.15, 0.2) is 0 Å². The minimum atomic E-state index is 0.129. The van der Waals surface area contributed by atoms with Crippen molar-refractivity contribution in [2.75, 3.05) is 56.6 Å². The van der Waals surface area contributed by atoms with Crippen LogP contribution in [-0.2, 0) is 24.2 Å². The van der Waals surface area contributed by atoms with Crippen molar-refractivity contribution < 1.29 is 9.53 Å². The molecule has 1 aromatic heterocycles. The molecule has 2 saturated heterocycles. The van der Waals surface area contributed by atoms with Crippen molar-refractivity contribution in [3.05, 3.63) is 83.7 Å². The third-order valence-electron chi connectivity index (χ3n) is 9.22. The zero-order valence-corrected chi connectivity index (χ0v) is 24.3. The third-order valence-corrected chi connectivity index (χ3v) is 9.22. The first-order chi connectivity index (χ1) is 20.2. The molecule has 2 aliphatic heterocycles. The highest BCUT2D eigenvalue weighted by molar-refractivity contribution is 5.90. The average molecular weight is 554 g/mol. The molecule has 0 spiro atoms. The Balaban J connectivity index is 1.09. The number of amides is 1. The summed E-state index contributed by atoms with van der Waals surface area (Å²) in [5, 5.41) is 3.20. The topological polar surface area (TPSA) is 60.9 Å². The first-order valence-electron chi connectivity index (χ1n) is 15.3.